The summed E-state index contributed by atoms with van der Waals surface area (Å²) in [6, 6.07) is 16.0. The molecule has 0 aliphatic carbocycles. The van der Waals surface area contributed by atoms with E-state index < -0.39 is 11.9 Å². The van der Waals surface area contributed by atoms with Gasteiger partial charge in [0.2, 0.25) is 0 Å². The largest absolute Gasteiger partial charge is 0.462 e. The molecule has 32 heavy (non-hydrogen) atoms. The van der Waals surface area contributed by atoms with Gasteiger partial charge in [0, 0.05) is 5.56 Å². The summed E-state index contributed by atoms with van der Waals surface area (Å²) in [5, 5.41) is 4.18. The number of hydrogen-bond acceptors (Lipinski definition) is 6. The third-order valence-electron chi connectivity index (χ3n) is 4.80. The first-order chi connectivity index (χ1) is 15.4. The van der Waals surface area contributed by atoms with Crippen LogP contribution in [0.15, 0.2) is 54.6 Å². The van der Waals surface area contributed by atoms with Crippen LogP contribution in [0.2, 0.25) is 0 Å². The highest BCUT2D eigenvalue weighted by atomic mass is 32.1. The van der Waals surface area contributed by atoms with Gasteiger partial charge in [0.25, 0.3) is 11.8 Å². The molecule has 8 heteroatoms. The van der Waals surface area contributed by atoms with Crippen molar-refractivity contribution < 1.29 is 24.0 Å². The van der Waals surface area contributed by atoms with E-state index in [9.17, 15) is 14.4 Å². The van der Waals surface area contributed by atoms with Crippen LogP contribution in [0.5, 0.6) is 0 Å². The normalized spacial score (nSPS) is 10.5. The number of hydrogen-bond donors (Lipinski definition) is 1. The number of hydroxylamine groups is 1. The fourth-order valence-electron chi connectivity index (χ4n) is 3.21. The number of amides is 2. The molecule has 2 aromatic carbocycles. The van der Waals surface area contributed by atoms with E-state index in [4.69, 9.17) is 9.57 Å². The van der Waals surface area contributed by atoms with E-state index in [0.717, 1.165) is 22.0 Å². The smallest absolute Gasteiger partial charge is 0.341 e. The van der Waals surface area contributed by atoms with Crippen molar-refractivity contribution in [2.45, 2.75) is 20.8 Å². The number of thiophene rings is 1. The van der Waals surface area contributed by atoms with Gasteiger partial charge < -0.3 is 10.1 Å². The zero-order valence-electron chi connectivity index (χ0n) is 18.3. The molecule has 2 amide bonds. The van der Waals surface area contributed by atoms with Crippen LogP contribution in [-0.4, -0.2) is 31.5 Å². The number of benzene rings is 2. The minimum absolute atomic E-state index is 0.159. The molecule has 1 heterocycles. The van der Waals surface area contributed by atoms with Crippen molar-refractivity contribution in [3.05, 3.63) is 81.7 Å². The molecule has 0 fully saturated rings. The standard InChI is InChI=1S/C24H24N2O5S/c1-5-31-24(29)19-16(3)20(23(28)26(30-4)17-12-7-6-8-13-17)32-22(19)25-21(27)18-14-10-9-11-15(18)2/h6-14H,5H2,1-4H3,(H,25,27). The van der Waals surface area contributed by atoms with Crippen molar-refractivity contribution in [3.63, 3.8) is 0 Å². The summed E-state index contributed by atoms with van der Waals surface area (Å²) < 4.78 is 5.19. The molecule has 0 atom stereocenters. The third kappa shape index (κ3) is 4.71. The number of anilines is 2. The Bertz CT molecular complexity index is 1140. The van der Waals surface area contributed by atoms with E-state index in [0.29, 0.717) is 16.8 Å². The van der Waals surface area contributed by atoms with E-state index in [2.05, 4.69) is 5.32 Å². The Morgan fingerprint density at radius 3 is 2.28 bits per heavy atom. The van der Waals surface area contributed by atoms with Crippen LogP contribution in [0.1, 0.15) is 48.4 Å². The lowest BCUT2D eigenvalue weighted by Gasteiger charge is -2.19. The molecule has 1 aromatic heterocycles. The zero-order valence-corrected chi connectivity index (χ0v) is 19.1. The first kappa shape index (κ1) is 23.2. The van der Waals surface area contributed by atoms with E-state index in [1.54, 1.807) is 50.2 Å². The summed E-state index contributed by atoms with van der Waals surface area (Å²) in [4.78, 5) is 44.5. The Balaban J connectivity index is 2.03. The Hall–Kier alpha value is -3.49. The number of carbonyl (C=O) groups is 3. The van der Waals surface area contributed by atoms with Gasteiger partial charge in [0.15, 0.2) is 0 Å². The number of nitrogens with zero attached hydrogens (tertiary/aromatic N) is 1. The van der Waals surface area contributed by atoms with Crippen LogP contribution in [0.25, 0.3) is 0 Å². The highest BCUT2D eigenvalue weighted by molar-refractivity contribution is 7.19. The lowest BCUT2D eigenvalue weighted by Crippen LogP contribution is -2.29. The Labute approximate surface area is 190 Å². The van der Waals surface area contributed by atoms with Gasteiger partial charge in [-0.2, -0.15) is 5.06 Å². The highest BCUT2D eigenvalue weighted by Crippen LogP contribution is 2.36. The van der Waals surface area contributed by atoms with Gasteiger partial charge in [-0.05, 0) is 50.1 Å². The zero-order chi connectivity index (χ0) is 23.3. The van der Waals surface area contributed by atoms with Gasteiger partial charge in [0.1, 0.15) is 9.88 Å². The maximum atomic E-state index is 13.3. The van der Waals surface area contributed by atoms with Gasteiger partial charge in [-0.15, -0.1) is 11.3 Å². The summed E-state index contributed by atoms with van der Waals surface area (Å²) in [5.41, 5.74) is 2.38. The van der Waals surface area contributed by atoms with Crippen LogP contribution in [0.4, 0.5) is 10.7 Å². The predicted molar refractivity (Wildman–Crippen MR) is 124 cm³/mol. The van der Waals surface area contributed by atoms with E-state index in [-0.39, 0.29) is 28.0 Å². The monoisotopic (exact) mass is 452 g/mol. The van der Waals surface area contributed by atoms with Crippen LogP contribution in [-0.2, 0) is 9.57 Å². The van der Waals surface area contributed by atoms with Crippen LogP contribution in [0.3, 0.4) is 0 Å². The summed E-state index contributed by atoms with van der Waals surface area (Å²) >= 11 is 1.01. The average Bonchev–Trinajstić information content (AvgIpc) is 3.11. The van der Waals surface area contributed by atoms with Gasteiger partial charge in [-0.3, -0.25) is 14.4 Å². The predicted octanol–water partition coefficient (Wildman–Crippen LogP) is 5.00. The first-order valence-electron chi connectivity index (χ1n) is 10.00. The topological polar surface area (TPSA) is 84.9 Å². The second kappa shape index (κ2) is 10.2. The fraction of sp³-hybridized carbons (Fsp3) is 0.208. The van der Waals surface area contributed by atoms with Crippen LogP contribution in [0, 0.1) is 13.8 Å². The number of para-hydroxylation sites is 1. The minimum atomic E-state index is -0.607. The van der Waals surface area contributed by atoms with Gasteiger partial charge in [0.05, 0.1) is 25.0 Å². The fourth-order valence-corrected chi connectivity index (χ4v) is 4.33. The second-order valence-electron chi connectivity index (χ2n) is 6.87. The Morgan fingerprint density at radius 1 is 1.00 bits per heavy atom. The summed E-state index contributed by atoms with van der Waals surface area (Å²) in [6.07, 6.45) is 0. The second-order valence-corrected chi connectivity index (χ2v) is 7.89. The molecular formula is C24H24N2O5S. The van der Waals surface area contributed by atoms with Gasteiger partial charge in [-0.25, -0.2) is 4.79 Å². The van der Waals surface area contributed by atoms with Gasteiger partial charge in [-0.1, -0.05) is 36.4 Å². The Kier molecular flexibility index (Phi) is 7.40. The molecule has 0 saturated carbocycles. The van der Waals surface area contributed by atoms with E-state index >= 15 is 0 Å². The number of aryl methyl sites for hydroxylation is 1. The number of ether oxygens (including phenoxy) is 1. The third-order valence-corrected chi connectivity index (χ3v) is 5.99. The average molecular weight is 453 g/mol. The maximum Gasteiger partial charge on any atom is 0.341 e. The molecule has 7 nitrogen and oxygen atoms in total. The summed E-state index contributed by atoms with van der Waals surface area (Å²) in [6.45, 7) is 5.33. The molecule has 0 spiro atoms. The van der Waals surface area contributed by atoms with Crippen molar-refractivity contribution >= 4 is 39.8 Å². The molecular weight excluding hydrogens is 428 g/mol. The molecule has 3 rings (SSSR count). The van der Waals surface area contributed by atoms with Crippen molar-refractivity contribution in [3.8, 4) is 0 Å². The quantitative estimate of drug-likeness (QED) is 0.403. The van der Waals surface area contributed by atoms with Crippen molar-refractivity contribution in [1.82, 2.24) is 0 Å². The molecule has 0 unspecified atom stereocenters. The molecule has 0 bridgehead atoms. The number of esters is 1. The lowest BCUT2D eigenvalue weighted by molar-refractivity contribution is 0.0527. The van der Waals surface area contributed by atoms with Crippen molar-refractivity contribution in [2.24, 2.45) is 0 Å². The van der Waals surface area contributed by atoms with Crippen molar-refractivity contribution in [2.75, 3.05) is 24.1 Å². The molecule has 0 aliphatic rings. The SMILES string of the molecule is CCOC(=O)c1c(NC(=O)c2ccccc2C)sc(C(=O)N(OC)c2ccccc2)c1C. The molecule has 3 aromatic rings. The van der Waals surface area contributed by atoms with Crippen LogP contribution < -0.4 is 10.4 Å². The molecule has 0 saturated heterocycles. The Morgan fingerprint density at radius 2 is 1.66 bits per heavy atom. The number of carbonyl (C=O) groups excluding carboxylic acids is 3. The summed E-state index contributed by atoms with van der Waals surface area (Å²) in [5.74, 6) is -1.44. The first-order valence-corrected chi connectivity index (χ1v) is 10.8. The number of nitrogens with one attached hydrogen (secondary N) is 1. The molecule has 0 radical (unpaired) electrons. The minimum Gasteiger partial charge on any atom is -0.462 e. The van der Waals surface area contributed by atoms with Gasteiger partial charge >= 0.3 is 5.97 Å². The molecule has 166 valence electrons. The molecule has 1 N–H and O–H groups in total. The number of rotatable bonds is 7. The van der Waals surface area contributed by atoms with E-state index in [1.807, 2.05) is 25.1 Å². The lowest BCUT2D eigenvalue weighted by atomic mass is 10.1. The maximum absolute atomic E-state index is 13.3. The highest BCUT2D eigenvalue weighted by Gasteiger charge is 2.30. The summed E-state index contributed by atoms with van der Waals surface area (Å²) in [7, 11) is 1.39. The van der Waals surface area contributed by atoms with E-state index in [1.165, 1.54) is 7.11 Å². The molecule has 0 aliphatic heterocycles. The van der Waals surface area contributed by atoms with Crippen molar-refractivity contribution in [1.29, 1.82) is 0 Å². The van der Waals surface area contributed by atoms with Crippen LogP contribution >= 0.6 is 11.3 Å².